The molecule has 0 bridgehead atoms. The zero-order valence-corrected chi connectivity index (χ0v) is 12.2. The molecule has 0 N–H and O–H groups in total. The standard InChI is InChI=1S/C13H16BrNO3/c1-4-18-12(17)13(2,14)11(16)15(3)10-8-6-5-7-9-10/h5-9H,4H2,1-3H3. The van der Waals surface area contributed by atoms with Crippen LogP contribution in [0.15, 0.2) is 30.3 Å². The fourth-order valence-electron chi connectivity index (χ4n) is 1.44. The van der Waals surface area contributed by atoms with Crippen LogP contribution in [0.2, 0.25) is 0 Å². The van der Waals surface area contributed by atoms with Crippen LogP contribution in [0.3, 0.4) is 0 Å². The van der Waals surface area contributed by atoms with Gasteiger partial charge in [0, 0.05) is 12.7 Å². The van der Waals surface area contributed by atoms with Gasteiger partial charge in [-0.25, -0.2) is 4.79 Å². The average molecular weight is 314 g/mol. The van der Waals surface area contributed by atoms with Crippen molar-refractivity contribution in [1.82, 2.24) is 0 Å². The number of esters is 1. The number of hydrogen-bond donors (Lipinski definition) is 0. The van der Waals surface area contributed by atoms with Crippen LogP contribution in [-0.4, -0.2) is 29.9 Å². The molecule has 0 aliphatic heterocycles. The Morgan fingerprint density at radius 2 is 1.89 bits per heavy atom. The summed E-state index contributed by atoms with van der Waals surface area (Å²) in [6.07, 6.45) is 0. The van der Waals surface area contributed by atoms with E-state index < -0.39 is 10.3 Å². The fraction of sp³-hybridized carbons (Fsp3) is 0.385. The van der Waals surface area contributed by atoms with Crippen LogP contribution in [0.25, 0.3) is 0 Å². The second-order valence-electron chi connectivity index (χ2n) is 3.92. The number of nitrogens with zero attached hydrogens (tertiary/aromatic N) is 1. The third-order valence-electron chi connectivity index (χ3n) is 2.51. The summed E-state index contributed by atoms with van der Waals surface area (Å²) in [6, 6.07) is 9.11. The Morgan fingerprint density at radius 3 is 2.39 bits per heavy atom. The summed E-state index contributed by atoms with van der Waals surface area (Å²) in [5, 5.41) is 0. The maximum atomic E-state index is 12.3. The van der Waals surface area contributed by atoms with Gasteiger partial charge in [-0.2, -0.15) is 0 Å². The van der Waals surface area contributed by atoms with E-state index in [1.165, 1.54) is 11.8 Å². The molecule has 0 radical (unpaired) electrons. The molecular weight excluding hydrogens is 298 g/mol. The first-order valence-electron chi connectivity index (χ1n) is 5.60. The number of halogens is 1. The summed E-state index contributed by atoms with van der Waals surface area (Å²) in [6.45, 7) is 3.43. The zero-order valence-electron chi connectivity index (χ0n) is 10.6. The van der Waals surface area contributed by atoms with Gasteiger partial charge in [-0.05, 0) is 26.0 Å². The van der Waals surface area contributed by atoms with Crippen LogP contribution in [0, 0.1) is 0 Å². The highest BCUT2D eigenvalue weighted by molar-refractivity contribution is 9.10. The molecule has 1 atom stereocenters. The van der Waals surface area contributed by atoms with Crippen molar-refractivity contribution in [3.05, 3.63) is 30.3 Å². The highest BCUT2D eigenvalue weighted by Gasteiger charge is 2.42. The minimum absolute atomic E-state index is 0.238. The molecule has 4 nitrogen and oxygen atoms in total. The van der Waals surface area contributed by atoms with Crippen LogP contribution in [0.5, 0.6) is 0 Å². The van der Waals surface area contributed by atoms with Gasteiger partial charge in [0.05, 0.1) is 6.61 Å². The number of carbonyl (C=O) groups is 2. The second-order valence-corrected chi connectivity index (χ2v) is 5.51. The first-order chi connectivity index (χ1) is 8.41. The van der Waals surface area contributed by atoms with E-state index in [9.17, 15) is 9.59 Å². The molecule has 0 saturated carbocycles. The Morgan fingerprint density at radius 1 is 1.33 bits per heavy atom. The molecule has 0 spiro atoms. The van der Waals surface area contributed by atoms with E-state index in [2.05, 4.69) is 15.9 Å². The molecule has 0 aliphatic carbocycles. The molecule has 0 aromatic heterocycles. The molecule has 1 rings (SSSR count). The molecule has 0 heterocycles. The number of rotatable bonds is 4. The van der Waals surface area contributed by atoms with E-state index in [1.54, 1.807) is 26.1 Å². The number of hydrogen-bond acceptors (Lipinski definition) is 3. The van der Waals surface area contributed by atoms with E-state index in [1.807, 2.05) is 18.2 Å². The van der Waals surface area contributed by atoms with E-state index in [0.29, 0.717) is 0 Å². The molecule has 18 heavy (non-hydrogen) atoms. The fourth-order valence-corrected chi connectivity index (χ4v) is 1.82. The quantitative estimate of drug-likeness (QED) is 0.487. The molecular formula is C13H16BrNO3. The lowest BCUT2D eigenvalue weighted by Gasteiger charge is -2.26. The Kier molecular flexibility index (Phi) is 4.90. The van der Waals surface area contributed by atoms with Crippen molar-refractivity contribution in [3.63, 3.8) is 0 Å². The minimum Gasteiger partial charge on any atom is -0.465 e. The van der Waals surface area contributed by atoms with Crippen molar-refractivity contribution in [2.24, 2.45) is 0 Å². The highest BCUT2D eigenvalue weighted by atomic mass is 79.9. The number of carbonyl (C=O) groups excluding carboxylic acids is 2. The van der Waals surface area contributed by atoms with Crippen LogP contribution in [-0.2, 0) is 14.3 Å². The minimum atomic E-state index is -1.37. The Bertz CT molecular complexity index is 431. The van der Waals surface area contributed by atoms with Gasteiger partial charge >= 0.3 is 5.97 Å². The van der Waals surface area contributed by atoms with Gasteiger partial charge in [-0.15, -0.1) is 0 Å². The Labute approximate surface area is 115 Å². The van der Waals surface area contributed by atoms with Crippen molar-refractivity contribution in [3.8, 4) is 0 Å². The molecule has 0 saturated heterocycles. The van der Waals surface area contributed by atoms with Gasteiger partial charge in [0.15, 0.2) is 4.32 Å². The summed E-state index contributed by atoms with van der Waals surface area (Å²) >= 11 is 3.15. The molecule has 0 aliphatic rings. The van der Waals surface area contributed by atoms with Crippen LogP contribution < -0.4 is 4.90 Å². The summed E-state index contributed by atoms with van der Waals surface area (Å²) in [7, 11) is 1.62. The Balaban J connectivity index is 2.90. The smallest absolute Gasteiger partial charge is 0.332 e. The van der Waals surface area contributed by atoms with E-state index in [4.69, 9.17) is 4.74 Å². The maximum absolute atomic E-state index is 12.3. The van der Waals surface area contributed by atoms with Crippen LogP contribution in [0.4, 0.5) is 5.69 Å². The number of benzene rings is 1. The third kappa shape index (κ3) is 3.10. The second kappa shape index (κ2) is 6.00. The predicted octanol–water partition coefficient (Wildman–Crippen LogP) is 2.37. The first-order valence-corrected chi connectivity index (χ1v) is 6.40. The van der Waals surface area contributed by atoms with Crippen molar-refractivity contribution < 1.29 is 14.3 Å². The largest absolute Gasteiger partial charge is 0.465 e. The molecule has 0 fully saturated rings. The lowest BCUT2D eigenvalue weighted by molar-refractivity contribution is -0.148. The van der Waals surface area contributed by atoms with Crippen molar-refractivity contribution in [2.45, 2.75) is 18.2 Å². The van der Waals surface area contributed by atoms with Crippen LogP contribution >= 0.6 is 15.9 Å². The summed E-state index contributed by atoms with van der Waals surface area (Å²) in [4.78, 5) is 25.4. The SMILES string of the molecule is CCOC(=O)C(C)(Br)C(=O)N(C)c1ccccc1. The highest BCUT2D eigenvalue weighted by Crippen LogP contribution is 2.25. The number of para-hydroxylation sites is 1. The van der Waals surface area contributed by atoms with Gasteiger partial charge in [0.1, 0.15) is 0 Å². The summed E-state index contributed by atoms with van der Waals surface area (Å²) < 4.78 is 3.51. The Hall–Kier alpha value is -1.36. The average Bonchev–Trinajstić information content (AvgIpc) is 2.38. The molecule has 5 heteroatoms. The molecule has 98 valence electrons. The van der Waals surface area contributed by atoms with Gasteiger partial charge in [0.2, 0.25) is 0 Å². The predicted molar refractivity (Wildman–Crippen MR) is 73.8 cm³/mol. The van der Waals surface area contributed by atoms with Gasteiger partial charge < -0.3 is 9.64 Å². The van der Waals surface area contributed by atoms with E-state index in [0.717, 1.165) is 5.69 Å². The third-order valence-corrected chi connectivity index (χ3v) is 3.17. The van der Waals surface area contributed by atoms with Crippen molar-refractivity contribution in [2.75, 3.05) is 18.6 Å². The van der Waals surface area contributed by atoms with Gasteiger partial charge in [-0.3, -0.25) is 4.79 Å². The zero-order chi connectivity index (χ0) is 13.8. The number of amides is 1. The first kappa shape index (κ1) is 14.7. The van der Waals surface area contributed by atoms with Crippen molar-refractivity contribution in [1.29, 1.82) is 0 Å². The summed E-state index contributed by atoms with van der Waals surface area (Å²) in [5.74, 6) is -0.954. The normalized spacial score (nSPS) is 13.6. The summed E-state index contributed by atoms with van der Waals surface area (Å²) in [5.41, 5.74) is 0.720. The molecule has 1 unspecified atom stereocenters. The number of alkyl halides is 1. The molecule has 1 amide bonds. The number of anilines is 1. The van der Waals surface area contributed by atoms with E-state index >= 15 is 0 Å². The molecule has 1 aromatic rings. The van der Waals surface area contributed by atoms with Crippen LogP contribution in [0.1, 0.15) is 13.8 Å². The van der Waals surface area contributed by atoms with Crippen molar-refractivity contribution >= 4 is 33.5 Å². The van der Waals surface area contributed by atoms with E-state index in [-0.39, 0.29) is 12.5 Å². The maximum Gasteiger partial charge on any atom is 0.332 e. The number of ether oxygens (including phenoxy) is 1. The lowest BCUT2D eigenvalue weighted by atomic mass is 10.1. The molecule has 1 aromatic carbocycles. The lowest BCUT2D eigenvalue weighted by Crippen LogP contribution is -2.47. The van der Waals surface area contributed by atoms with Gasteiger partial charge in [-0.1, -0.05) is 34.1 Å². The topological polar surface area (TPSA) is 46.6 Å². The monoisotopic (exact) mass is 313 g/mol. The van der Waals surface area contributed by atoms with Gasteiger partial charge in [0.25, 0.3) is 5.91 Å².